The van der Waals surface area contributed by atoms with Crippen molar-refractivity contribution in [3.05, 3.63) is 76.3 Å². The summed E-state index contributed by atoms with van der Waals surface area (Å²) >= 11 is 0. The normalized spacial score (nSPS) is 23.6. The highest BCUT2D eigenvalue weighted by Gasteiger charge is 2.55. The average molecular weight is 483 g/mol. The number of aliphatic imine (C=N–C) groups is 1. The van der Waals surface area contributed by atoms with Crippen LogP contribution < -0.4 is 5.32 Å². The highest BCUT2D eigenvalue weighted by atomic mass is 19.1. The Labute approximate surface area is 202 Å². The number of benzene rings is 1. The molecule has 2 aromatic rings. The van der Waals surface area contributed by atoms with Crippen molar-refractivity contribution >= 4 is 11.8 Å². The number of fused-ring (bicyclic) bond motifs is 2. The number of nitrogens with one attached hydrogen (secondary N) is 1. The molecular weight excluding hydrogens is 454 g/mol. The van der Waals surface area contributed by atoms with Crippen LogP contribution in [0.3, 0.4) is 0 Å². The van der Waals surface area contributed by atoms with Crippen LogP contribution in [0.5, 0.6) is 0 Å². The van der Waals surface area contributed by atoms with Crippen molar-refractivity contribution in [1.82, 2.24) is 15.2 Å². The van der Waals surface area contributed by atoms with E-state index in [0.29, 0.717) is 50.5 Å². The van der Waals surface area contributed by atoms with E-state index in [-0.39, 0.29) is 16.9 Å². The van der Waals surface area contributed by atoms with Crippen LogP contribution >= 0.6 is 0 Å². The Hall–Kier alpha value is -3.17. The number of aromatic nitrogens is 1. The maximum absolute atomic E-state index is 14.9. The van der Waals surface area contributed by atoms with Crippen molar-refractivity contribution in [1.29, 1.82) is 0 Å². The lowest BCUT2D eigenvalue weighted by Crippen LogP contribution is -2.47. The molecule has 0 amide bonds. The lowest BCUT2D eigenvalue weighted by atomic mass is 9.78. The van der Waals surface area contributed by atoms with E-state index in [4.69, 9.17) is 14.5 Å². The first-order chi connectivity index (χ1) is 16.7. The SMILES string of the molecule is COC(=O)C1=C(CN2CCOCC2)NC(c2ncc(F)cc2F)=NC12CC(C)(C)c1ccccc12. The molecule has 1 N–H and O–H groups in total. The van der Waals surface area contributed by atoms with Crippen LogP contribution in [0.15, 0.2) is 52.8 Å². The third-order valence-electron chi connectivity index (χ3n) is 6.99. The van der Waals surface area contributed by atoms with Gasteiger partial charge in [0.25, 0.3) is 0 Å². The molecule has 1 saturated heterocycles. The zero-order valence-electron chi connectivity index (χ0n) is 20.0. The highest BCUT2D eigenvalue weighted by molar-refractivity contribution is 6.04. The van der Waals surface area contributed by atoms with Gasteiger partial charge in [0.15, 0.2) is 11.7 Å². The molecule has 2 aliphatic heterocycles. The lowest BCUT2D eigenvalue weighted by Gasteiger charge is -2.38. The predicted molar refractivity (Wildman–Crippen MR) is 126 cm³/mol. The van der Waals surface area contributed by atoms with Gasteiger partial charge in [0.2, 0.25) is 0 Å². The molecule has 184 valence electrons. The first kappa shape index (κ1) is 23.6. The molecule has 0 bridgehead atoms. The molecule has 3 heterocycles. The minimum absolute atomic E-state index is 0.101. The smallest absolute Gasteiger partial charge is 0.338 e. The van der Waals surface area contributed by atoms with Crippen molar-refractivity contribution < 1.29 is 23.0 Å². The number of morpholine rings is 1. The summed E-state index contributed by atoms with van der Waals surface area (Å²) in [4.78, 5) is 24.5. The minimum atomic E-state index is -1.11. The fourth-order valence-electron chi connectivity index (χ4n) is 5.51. The number of ether oxygens (including phenoxy) is 2. The summed E-state index contributed by atoms with van der Waals surface area (Å²) in [5, 5.41) is 3.17. The van der Waals surface area contributed by atoms with Crippen LogP contribution in [0.4, 0.5) is 8.78 Å². The number of halogens is 2. The van der Waals surface area contributed by atoms with Gasteiger partial charge in [-0.05, 0) is 23.0 Å². The maximum Gasteiger partial charge on any atom is 0.338 e. The molecule has 3 aliphatic rings. The minimum Gasteiger partial charge on any atom is -0.466 e. The van der Waals surface area contributed by atoms with E-state index in [1.165, 1.54) is 7.11 Å². The second-order valence-electron chi connectivity index (χ2n) is 9.77. The van der Waals surface area contributed by atoms with Crippen LogP contribution in [0.2, 0.25) is 0 Å². The van der Waals surface area contributed by atoms with E-state index >= 15 is 0 Å². The van der Waals surface area contributed by atoms with E-state index in [9.17, 15) is 13.6 Å². The Morgan fingerprint density at radius 2 is 1.91 bits per heavy atom. The number of hydrogen-bond donors (Lipinski definition) is 1. The Kier molecular flexibility index (Phi) is 5.93. The number of carbonyl (C=O) groups is 1. The van der Waals surface area contributed by atoms with Crippen molar-refractivity contribution in [3.63, 3.8) is 0 Å². The first-order valence-corrected chi connectivity index (χ1v) is 11.7. The van der Waals surface area contributed by atoms with Gasteiger partial charge in [-0.1, -0.05) is 38.1 Å². The van der Waals surface area contributed by atoms with Gasteiger partial charge >= 0.3 is 5.97 Å². The second kappa shape index (κ2) is 8.80. The lowest BCUT2D eigenvalue weighted by molar-refractivity contribution is -0.137. The number of nitrogens with zero attached hydrogens (tertiary/aromatic N) is 3. The summed E-state index contributed by atoms with van der Waals surface area (Å²) in [5.74, 6) is -1.94. The van der Waals surface area contributed by atoms with Crippen molar-refractivity contribution in [2.45, 2.75) is 31.2 Å². The molecule has 1 aromatic carbocycles. The number of amidine groups is 1. The average Bonchev–Trinajstić information content (AvgIpc) is 3.05. The van der Waals surface area contributed by atoms with E-state index in [1.54, 1.807) is 0 Å². The number of methoxy groups -OCH3 is 1. The highest BCUT2D eigenvalue weighted by Crippen LogP contribution is 2.55. The molecule has 9 heteroatoms. The van der Waals surface area contributed by atoms with Crippen LogP contribution in [-0.4, -0.2) is 61.6 Å². The van der Waals surface area contributed by atoms with Crippen LogP contribution in [-0.2, 0) is 25.2 Å². The monoisotopic (exact) mass is 482 g/mol. The Morgan fingerprint density at radius 3 is 2.60 bits per heavy atom. The molecular formula is C26H28F2N4O3. The van der Waals surface area contributed by atoms with Crippen LogP contribution in [0.1, 0.15) is 37.1 Å². The summed E-state index contributed by atoms with van der Waals surface area (Å²) in [6.45, 7) is 7.12. The summed E-state index contributed by atoms with van der Waals surface area (Å²) in [7, 11) is 1.35. The van der Waals surface area contributed by atoms with Crippen molar-refractivity contribution in [3.8, 4) is 0 Å². The Bertz CT molecular complexity index is 1240. The first-order valence-electron chi connectivity index (χ1n) is 11.7. The second-order valence-corrected chi connectivity index (χ2v) is 9.77. The fourth-order valence-corrected chi connectivity index (χ4v) is 5.51. The van der Waals surface area contributed by atoms with Gasteiger partial charge in [0.05, 0.1) is 32.1 Å². The quantitative estimate of drug-likeness (QED) is 0.676. The van der Waals surface area contributed by atoms with E-state index in [1.807, 2.05) is 24.3 Å². The van der Waals surface area contributed by atoms with Gasteiger partial charge in [-0.2, -0.15) is 0 Å². The zero-order valence-corrected chi connectivity index (χ0v) is 20.0. The van der Waals surface area contributed by atoms with Crippen LogP contribution in [0, 0.1) is 11.6 Å². The molecule has 7 nitrogen and oxygen atoms in total. The number of pyridine rings is 1. The van der Waals surface area contributed by atoms with Crippen LogP contribution in [0.25, 0.3) is 0 Å². The standard InChI is InChI=1S/C26H28F2N4O3/c1-25(2)15-26(18-7-5-4-6-17(18)25)21(24(33)34-3)20(14-32-8-10-35-11-9-32)30-23(31-26)22-19(28)12-16(27)13-29-22/h4-7,12-13H,8-11,14-15H2,1-3H3,(H,30,31). The molecule has 35 heavy (non-hydrogen) atoms. The zero-order chi connectivity index (χ0) is 24.8. The Balaban J connectivity index is 1.74. The molecule has 1 atom stereocenters. The fraction of sp³-hybridized carbons (Fsp3) is 0.423. The molecule has 1 fully saturated rings. The molecule has 1 aromatic heterocycles. The van der Waals surface area contributed by atoms with Crippen molar-refractivity contribution in [2.75, 3.05) is 40.0 Å². The van der Waals surface area contributed by atoms with E-state index < -0.39 is 23.1 Å². The van der Waals surface area contributed by atoms with Gasteiger partial charge in [-0.25, -0.2) is 23.6 Å². The van der Waals surface area contributed by atoms with Gasteiger partial charge in [-0.3, -0.25) is 4.90 Å². The third-order valence-corrected chi connectivity index (χ3v) is 6.99. The summed E-state index contributed by atoms with van der Waals surface area (Å²) in [6, 6.07) is 8.65. The van der Waals surface area contributed by atoms with E-state index in [2.05, 4.69) is 29.0 Å². The molecule has 0 saturated carbocycles. The maximum atomic E-state index is 14.9. The number of rotatable bonds is 4. The molecule has 5 rings (SSSR count). The van der Waals surface area contributed by atoms with Gasteiger partial charge in [0.1, 0.15) is 17.1 Å². The number of hydrogen-bond acceptors (Lipinski definition) is 7. The Morgan fingerprint density at radius 1 is 1.20 bits per heavy atom. The predicted octanol–water partition coefficient (Wildman–Crippen LogP) is 3.05. The summed E-state index contributed by atoms with van der Waals surface area (Å²) in [5.41, 5.74) is 1.36. The summed E-state index contributed by atoms with van der Waals surface area (Å²) in [6.07, 6.45) is 1.44. The molecule has 1 spiro atoms. The summed E-state index contributed by atoms with van der Waals surface area (Å²) < 4.78 is 39.3. The third kappa shape index (κ3) is 4.02. The van der Waals surface area contributed by atoms with E-state index in [0.717, 1.165) is 23.4 Å². The number of esters is 1. The molecule has 0 radical (unpaired) electrons. The van der Waals surface area contributed by atoms with Gasteiger partial charge < -0.3 is 14.8 Å². The van der Waals surface area contributed by atoms with Gasteiger partial charge in [0, 0.05) is 31.4 Å². The topological polar surface area (TPSA) is 76.0 Å². The molecule has 1 aliphatic carbocycles. The number of carbonyl (C=O) groups excluding carboxylic acids is 1. The van der Waals surface area contributed by atoms with Gasteiger partial charge in [-0.15, -0.1) is 0 Å². The molecule has 1 unspecified atom stereocenters. The largest absolute Gasteiger partial charge is 0.466 e. The van der Waals surface area contributed by atoms with Crippen molar-refractivity contribution in [2.24, 2.45) is 4.99 Å².